The number of carbonyl (C=O) groups is 1. The van der Waals surface area contributed by atoms with Crippen molar-refractivity contribution in [2.75, 3.05) is 0 Å². The highest BCUT2D eigenvalue weighted by Gasteiger charge is 2.31. The van der Waals surface area contributed by atoms with Gasteiger partial charge in [-0.1, -0.05) is 48.5 Å². The van der Waals surface area contributed by atoms with Crippen molar-refractivity contribution in [3.8, 4) is 16.9 Å². The number of rotatable bonds is 5. The molecule has 4 rings (SSSR count). The van der Waals surface area contributed by atoms with Crippen LogP contribution in [0.5, 0.6) is 0 Å². The second-order valence-corrected chi connectivity index (χ2v) is 7.04. The van der Waals surface area contributed by atoms with Crippen molar-refractivity contribution in [2.24, 2.45) is 4.99 Å². The Kier molecular flexibility index (Phi) is 5.70. The quantitative estimate of drug-likeness (QED) is 0.404. The number of aromatic amines is 1. The molecule has 0 aliphatic rings. The van der Waals surface area contributed by atoms with E-state index in [1.807, 2.05) is 0 Å². The zero-order valence-electron chi connectivity index (χ0n) is 16.9. The maximum absolute atomic E-state index is 13.2. The molecule has 0 spiro atoms. The normalized spacial score (nSPS) is 11.7. The van der Waals surface area contributed by atoms with Crippen molar-refractivity contribution in [2.45, 2.75) is 6.18 Å². The van der Waals surface area contributed by atoms with Crippen LogP contribution in [0, 0.1) is 0 Å². The van der Waals surface area contributed by atoms with Crippen molar-refractivity contribution in [3.63, 3.8) is 0 Å². The highest BCUT2D eigenvalue weighted by Crippen LogP contribution is 2.33. The lowest BCUT2D eigenvalue weighted by atomic mass is 10.1. The number of alkyl halides is 3. The van der Waals surface area contributed by atoms with Gasteiger partial charge in [-0.15, -0.1) is 0 Å². The Bertz CT molecular complexity index is 1390. The Morgan fingerprint density at radius 2 is 1.61 bits per heavy atom. The topological polar surface area (TPSA) is 87.4 Å². The van der Waals surface area contributed by atoms with Gasteiger partial charge in [0.15, 0.2) is 0 Å². The van der Waals surface area contributed by atoms with E-state index in [1.54, 1.807) is 60.7 Å². The molecule has 0 unspecified atom stereocenters. The van der Waals surface area contributed by atoms with Gasteiger partial charge in [0, 0.05) is 11.8 Å². The van der Waals surface area contributed by atoms with Crippen LogP contribution in [0.25, 0.3) is 16.9 Å². The van der Waals surface area contributed by atoms with Crippen LogP contribution in [-0.2, 0) is 6.18 Å². The second-order valence-electron chi connectivity index (χ2n) is 7.04. The molecule has 166 valence electrons. The average molecular weight is 451 g/mol. The summed E-state index contributed by atoms with van der Waals surface area (Å²) < 4.78 is 40.7. The molecular formula is C24H16F3N3O3. The lowest BCUT2D eigenvalue weighted by molar-refractivity contribution is -0.137. The van der Waals surface area contributed by atoms with Crippen molar-refractivity contribution in [1.82, 2.24) is 9.78 Å². The van der Waals surface area contributed by atoms with E-state index in [-0.39, 0.29) is 5.56 Å². The molecular weight excluding hydrogens is 435 g/mol. The van der Waals surface area contributed by atoms with Crippen LogP contribution in [0.3, 0.4) is 0 Å². The molecule has 0 saturated carbocycles. The summed E-state index contributed by atoms with van der Waals surface area (Å²) in [5, 5.41) is 12.4. The van der Waals surface area contributed by atoms with E-state index in [0.29, 0.717) is 29.1 Å². The molecule has 0 aliphatic carbocycles. The van der Waals surface area contributed by atoms with Gasteiger partial charge in [0.05, 0.1) is 33.8 Å². The minimum absolute atomic E-state index is 0.0683. The number of carboxylic acids is 1. The lowest BCUT2D eigenvalue weighted by Gasteiger charge is -2.08. The van der Waals surface area contributed by atoms with Gasteiger partial charge in [0.1, 0.15) is 0 Å². The first-order valence-corrected chi connectivity index (χ1v) is 9.70. The molecule has 0 amide bonds. The zero-order chi connectivity index (χ0) is 23.6. The molecule has 0 bridgehead atoms. The number of benzene rings is 3. The van der Waals surface area contributed by atoms with Gasteiger partial charge < -0.3 is 5.11 Å². The summed E-state index contributed by atoms with van der Waals surface area (Å²) in [6.07, 6.45) is -3.59. The number of nitrogens with one attached hydrogen (secondary N) is 1. The number of aliphatic imine (C=N–C) groups is 1. The van der Waals surface area contributed by atoms with Crippen molar-refractivity contribution < 1.29 is 23.1 Å². The zero-order valence-corrected chi connectivity index (χ0v) is 16.9. The SMILES string of the molecule is O=C(O)c1ccc(C(F)(F)F)cc1N=Cc1c(-c2ccccc2)[nH]n(-c2ccccc2)c1=O. The van der Waals surface area contributed by atoms with Gasteiger partial charge in [0.25, 0.3) is 5.56 Å². The van der Waals surface area contributed by atoms with Gasteiger partial charge in [-0.05, 0) is 30.3 Å². The Hall–Kier alpha value is -4.40. The number of hydrogen-bond donors (Lipinski definition) is 2. The van der Waals surface area contributed by atoms with Gasteiger partial charge >= 0.3 is 12.1 Å². The van der Waals surface area contributed by atoms with E-state index in [2.05, 4.69) is 10.1 Å². The summed E-state index contributed by atoms with van der Waals surface area (Å²) in [5.74, 6) is -1.44. The predicted octanol–water partition coefficient (Wildman–Crippen LogP) is 5.30. The Labute approximate surface area is 185 Å². The predicted molar refractivity (Wildman–Crippen MR) is 117 cm³/mol. The van der Waals surface area contributed by atoms with Crippen LogP contribution in [0.4, 0.5) is 18.9 Å². The lowest BCUT2D eigenvalue weighted by Crippen LogP contribution is -2.17. The van der Waals surface area contributed by atoms with E-state index in [0.717, 1.165) is 12.3 Å². The summed E-state index contributed by atoms with van der Waals surface area (Å²) in [5.41, 5.74) is -0.720. The fourth-order valence-corrected chi connectivity index (χ4v) is 3.28. The molecule has 33 heavy (non-hydrogen) atoms. The smallest absolute Gasteiger partial charge is 0.416 e. The summed E-state index contributed by atoms with van der Waals surface area (Å²) in [6.45, 7) is 0. The minimum Gasteiger partial charge on any atom is -0.478 e. The summed E-state index contributed by atoms with van der Waals surface area (Å²) in [6, 6.07) is 19.7. The maximum atomic E-state index is 13.2. The number of carboxylic acid groups (broad SMARTS) is 1. The number of nitrogens with zero attached hydrogens (tertiary/aromatic N) is 2. The number of aromatic carboxylic acids is 1. The summed E-state index contributed by atoms with van der Waals surface area (Å²) in [4.78, 5) is 28.7. The first-order chi connectivity index (χ1) is 15.8. The number of aromatic nitrogens is 2. The van der Waals surface area contributed by atoms with E-state index >= 15 is 0 Å². The molecule has 1 heterocycles. The van der Waals surface area contributed by atoms with E-state index < -0.39 is 34.5 Å². The fourth-order valence-electron chi connectivity index (χ4n) is 3.28. The monoisotopic (exact) mass is 451 g/mol. The third kappa shape index (κ3) is 4.47. The molecule has 0 atom stereocenters. The van der Waals surface area contributed by atoms with E-state index in [1.165, 1.54) is 4.68 Å². The Morgan fingerprint density at radius 1 is 0.970 bits per heavy atom. The molecule has 0 fully saturated rings. The molecule has 6 nitrogen and oxygen atoms in total. The van der Waals surface area contributed by atoms with Crippen LogP contribution < -0.4 is 5.56 Å². The molecule has 9 heteroatoms. The van der Waals surface area contributed by atoms with E-state index in [9.17, 15) is 27.9 Å². The summed E-state index contributed by atoms with van der Waals surface area (Å²) >= 11 is 0. The molecule has 0 saturated heterocycles. The van der Waals surface area contributed by atoms with Crippen LogP contribution in [-0.4, -0.2) is 27.1 Å². The number of para-hydroxylation sites is 1. The van der Waals surface area contributed by atoms with Crippen molar-refractivity contribution in [3.05, 3.63) is 106 Å². The van der Waals surface area contributed by atoms with E-state index in [4.69, 9.17) is 0 Å². The van der Waals surface area contributed by atoms with Gasteiger partial charge in [-0.3, -0.25) is 14.9 Å². The minimum atomic E-state index is -4.68. The number of hydrogen-bond acceptors (Lipinski definition) is 3. The molecule has 0 radical (unpaired) electrons. The van der Waals surface area contributed by atoms with Crippen LogP contribution in [0.15, 0.2) is 88.6 Å². The summed E-state index contributed by atoms with van der Waals surface area (Å²) in [7, 11) is 0. The maximum Gasteiger partial charge on any atom is 0.416 e. The van der Waals surface area contributed by atoms with Crippen molar-refractivity contribution >= 4 is 17.9 Å². The van der Waals surface area contributed by atoms with Crippen LogP contribution in [0.1, 0.15) is 21.5 Å². The molecule has 0 aliphatic heterocycles. The number of halogens is 3. The fraction of sp³-hybridized carbons (Fsp3) is 0.0417. The van der Waals surface area contributed by atoms with Gasteiger partial charge in [-0.25, -0.2) is 9.48 Å². The molecule has 4 aromatic rings. The first kappa shape index (κ1) is 21.8. The molecule has 1 aromatic heterocycles. The third-order valence-electron chi connectivity index (χ3n) is 4.89. The molecule has 2 N–H and O–H groups in total. The van der Waals surface area contributed by atoms with Crippen LogP contribution in [0.2, 0.25) is 0 Å². The largest absolute Gasteiger partial charge is 0.478 e. The second kappa shape index (κ2) is 8.62. The standard InChI is InChI=1S/C24H16F3N3O3/c25-24(26,27)16-11-12-18(23(32)33)20(13-16)28-14-19-21(15-7-3-1-4-8-15)29-30(22(19)31)17-9-5-2-6-10-17/h1-14,29H,(H,32,33). The average Bonchev–Trinajstić information content (AvgIpc) is 3.14. The Balaban J connectivity index is 1.89. The first-order valence-electron chi connectivity index (χ1n) is 9.70. The number of H-pyrrole nitrogens is 1. The van der Waals surface area contributed by atoms with Gasteiger partial charge in [-0.2, -0.15) is 13.2 Å². The van der Waals surface area contributed by atoms with Gasteiger partial charge in [0.2, 0.25) is 0 Å². The third-order valence-corrected chi connectivity index (χ3v) is 4.89. The highest BCUT2D eigenvalue weighted by molar-refractivity contribution is 5.96. The molecule has 3 aromatic carbocycles. The van der Waals surface area contributed by atoms with Crippen LogP contribution >= 0.6 is 0 Å². The van der Waals surface area contributed by atoms with Crippen molar-refractivity contribution in [1.29, 1.82) is 0 Å². The Morgan fingerprint density at radius 3 is 2.21 bits per heavy atom. The highest BCUT2D eigenvalue weighted by atomic mass is 19.4.